The molecule has 25 heavy (non-hydrogen) atoms. The Bertz CT molecular complexity index is 780. The van der Waals surface area contributed by atoms with E-state index < -0.39 is 6.10 Å². The normalized spacial score (nSPS) is 18.8. The van der Waals surface area contributed by atoms with Gasteiger partial charge in [-0.05, 0) is 51.5 Å². The minimum atomic E-state index is -0.400. The number of aliphatic hydroxyl groups excluding tert-OH is 1. The van der Waals surface area contributed by atoms with E-state index in [0.29, 0.717) is 5.92 Å². The topological polar surface area (TPSA) is 67.1 Å². The predicted octanol–water partition coefficient (Wildman–Crippen LogP) is 2.71. The van der Waals surface area contributed by atoms with Crippen molar-refractivity contribution < 1.29 is 5.11 Å². The standard InChI is InChI=1S/C19H27N5O/c1-4-16-12(2)20-13(3)21-19(16)23-8-5-9-24-15(11-23)10-17(22-24)18(25)14-6-7-14/h10,14,18,25H,4-9,11H2,1-3H3/t18-/m0/s1. The first-order valence-corrected chi connectivity index (χ1v) is 9.40. The van der Waals surface area contributed by atoms with E-state index >= 15 is 0 Å². The van der Waals surface area contributed by atoms with Crippen LogP contribution in [-0.4, -0.2) is 31.4 Å². The Balaban J connectivity index is 1.65. The number of fused-ring (bicyclic) bond motifs is 1. The lowest BCUT2D eigenvalue weighted by Gasteiger charge is -2.24. The van der Waals surface area contributed by atoms with Crippen LogP contribution in [0.5, 0.6) is 0 Å². The molecule has 0 saturated heterocycles. The summed E-state index contributed by atoms with van der Waals surface area (Å²) in [4.78, 5) is 11.6. The number of anilines is 1. The summed E-state index contributed by atoms with van der Waals surface area (Å²) in [6.07, 6.45) is 3.80. The lowest BCUT2D eigenvalue weighted by Crippen LogP contribution is -2.26. The molecule has 1 saturated carbocycles. The van der Waals surface area contributed by atoms with Crippen molar-refractivity contribution in [1.29, 1.82) is 0 Å². The van der Waals surface area contributed by atoms with Crippen LogP contribution in [0.3, 0.4) is 0 Å². The molecule has 4 rings (SSSR count). The third-order valence-electron chi connectivity index (χ3n) is 5.36. The van der Waals surface area contributed by atoms with Gasteiger partial charge in [0, 0.05) is 24.3 Å². The minimum absolute atomic E-state index is 0.400. The van der Waals surface area contributed by atoms with Gasteiger partial charge in [-0.3, -0.25) is 4.68 Å². The molecule has 2 aliphatic rings. The molecule has 1 atom stereocenters. The van der Waals surface area contributed by atoms with Crippen LogP contribution in [0.25, 0.3) is 0 Å². The zero-order valence-corrected chi connectivity index (χ0v) is 15.4. The molecule has 0 spiro atoms. The third-order valence-corrected chi connectivity index (χ3v) is 5.36. The second-order valence-corrected chi connectivity index (χ2v) is 7.35. The summed E-state index contributed by atoms with van der Waals surface area (Å²) in [5.74, 6) is 2.30. The van der Waals surface area contributed by atoms with E-state index in [1.54, 1.807) is 0 Å². The highest BCUT2D eigenvalue weighted by Crippen LogP contribution is 2.40. The zero-order valence-electron chi connectivity index (χ0n) is 15.4. The molecular formula is C19H27N5O. The number of nitrogens with zero attached hydrogens (tertiary/aromatic N) is 5. The van der Waals surface area contributed by atoms with Gasteiger partial charge in [-0.1, -0.05) is 6.92 Å². The van der Waals surface area contributed by atoms with Crippen molar-refractivity contribution >= 4 is 5.82 Å². The highest BCUT2D eigenvalue weighted by atomic mass is 16.3. The Morgan fingerprint density at radius 3 is 2.76 bits per heavy atom. The van der Waals surface area contributed by atoms with Crippen LogP contribution >= 0.6 is 0 Å². The van der Waals surface area contributed by atoms with Gasteiger partial charge >= 0.3 is 0 Å². The molecule has 0 radical (unpaired) electrons. The molecule has 2 aromatic heterocycles. The quantitative estimate of drug-likeness (QED) is 0.926. The van der Waals surface area contributed by atoms with Crippen LogP contribution in [0.2, 0.25) is 0 Å². The van der Waals surface area contributed by atoms with Crippen LogP contribution < -0.4 is 4.90 Å². The van der Waals surface area contributed by atoms with Gasteiger partial charge in [-0.25, -0.2) is 9.97 Å². The van der Waals surface area contributed by atoms with Crippen molar-refractivity contribution in [3.05, 3.63) is 34.5 Å². The van der Waals surface area contributed by atoms with E-state index in [1.165, 1.54) is 11.3 Å². The van der Waals surface area contributed by atoms with Crippen LogP contribution in [0.1, 0.15) is 60.8 Å². The van der Waals surface area contributed by atoms with Gasteiger partial charge in [-0.2, -0.15) is 5.10 Å². The lowest BCUT2D eigenvalue weighted by molar-refractivity contribution is 0.148. The summed E-state index contributed by atoms with van der Waals surface area (Å²) >= 11 is 0. The number of aromatic nitrogens is 4. The number of hydrogen-bond donors (Lipinski definition) is 1. The van der Waals surface area contributed by atoms with Gasteiger partial charge in [0.1, 0.15) is 17.7 Å². The van der Waals surface area contributed by atoms with Crippen molar-refractivity contribution in [3.8, 4) is 0 Å². The van der Waals surface area contributed by atoms with E-state index in [2.05, 4.69) is 39.6 Å². The van der Waals surface area contributed by atoms with Crippen molar-refractivity contribution in [2.24, 2.45) is 5.92 Å². The largest absolute Gasteiger partial charge is 0.386 e. The molecule has 2 aromatic rings. The summed E-state index contributed by atoms with van der Waals surface area (Å²) in [6, 6.07) is 2.09. The fraction of sp³-hybridized carbons (Fsp3) is 0.632. The summed E-state index contributed by atoms with van der Waals surface area (Å²) in [7, 11) is 0. The maximum Gasteiger partial charge on any atom is 0.136 e. The molecule has 0 unspecified atom stereocenters. The summed E-state index contributed by atoms with van der Waals surface area (Å²) in [6.45, 7) is 8.84. The average molecular weight is 341 g/mol. The minimum Gasteiger partial charge on any atom is -0.386 e. The molecule has 6 nitrogen and oxygen atoms in total. The van der Waals surface area contributed by atoms with Crippen molar-refractivity contribution in [1.82, 2.24) is 19.7 Å². The lowest BCUT2D eigenvalue weighted by atomic mass is 10.1. The average Bonchev–Trinajstić information content (AvgIpc) is 3.38. The van der Waals surface area contributed by atoms with Crippen LogP contribution in [0, 0.1) is 19.8 Å². The molecule has 1 fully saturated rings. The molecule has 0 aromatic carbocycles. The van der Waals surface area contributed by atoms with E-state index in [9.17, 15) is 5.11 Å². The Labute approximate surface area is 148 Å². The smallest absolute Gasteiger partial charge is 0.136 e. The van der Waals surface area contributed by atoms with Gasteiger partial charge in [-0.15, -0.1) is 0 Å². The maximum atomic E-state index is 10.4. The fourth-order valence-corrected chi connectivity index (χ4v) is 3.86. The Morgan fingerprint density at radius 2 is 2.04 bits per heavy atom. The van der Waals surface area contributed by atoms with Gasteiger partial charge in [0.2, 0.25) is 0 Å². The van der Waals surface area contributed by atoms with Crippen LogP contribution in [-0.2, 0) is 19.5 Å². The zero-order chi connectivity index (χ0) is 17.6. The number of aryl methyl sites for hydroxylation is 3. The van der Waals surface area contributed by atoms with Gasteiger partial charge in [0.05, 0.1) is 17.9 Å². The second-order valence-electron chi connectivity index (χ2n) is 7.35. The van der Waals surface area contributed by atoms with E-state index in [1.807, 2.05) is 6.92 Å². The third kappa shape index (κ3) is 3.15. The Kier molecular flexibility index (Phi) is 4.23. The Morgan fingerprint density at radius 1 is 1.24 bits per heavy atom. The predicted molar refractivity (Wildman–Crippen MR) is 96.5 cm³/mol. The second kappa shape index (κ2) is 6.41. The molecule has 134 valence electrons. The van der Waals surface area contributed by atoms with Gasteiger partial charge < -0.3 is 10.0 Å². The summed E-state index contributed by atoms with van der Waals surface area (Å²) in [5.41, 5.74) is 4.32. The van der Waals surface area contributed by atoms with Crippen molar-refractivity contribution in [2.75, 3.05) is 11.4 Å². The first kappa shape index (κ1) is 16.5. The van der Waals surface area contributed by atoms with Crippen LogP contribution in [0.15, 0.2) is 6.07 Å². The highest BCUT2D eigenvalue weighted by molar-refractivity contribution is 5.49. The summed E-state index contributed by atoms with van der Waals surface area (Å²) in [5, 5.41) is 15.1. The number of hydrogen-bond acceptors (Lipinski definition) is 5. The molecule has 0 bridgehead atoms. The van der Waals surface area contributed by atoms with E-state index in [0.717, 1.165) is 68.3 Å². The van der Waals surface area contributed by atoms with Gasteiger partial charge in [0.15, 0.2) is 0 Å². The molecule has 1 N–H and O–H groups in total. The van der Waals surface area contributed by atoms with Crippen LogP contribution in [0.4, 0.5) is 5.82 Å². The summed E-state index contributed by atoms with van der Waals surface area (Å²) < 4.78 is 2.08. The first-order valence-electron chi connectivity index (χ1n) is 9.40. The maximum absolute atomic E-state index is 10.4. The van der Waals surface area contributed by atoms with E-state index in [4.69, 9.17) is 4.98 Å². The van der Waals surface area contributed by atoms with Gasteiger partial charge in [0.25, 0.3) is 0 Å². The first-order chi connectivity index (χ1) is 12.1. The van der Waals surface area contributed by atoms with E-state index in [-0.39, 0.29) is 0 Å². The molecule has 1 aliphatic heterocycles. The van der Waals surface area contributed by atoms with Crippen molar-refractivity contribution in [3.63, 3.8) is 0 Å². The van der Waals surface area contributed by atoms with Crippen molar-refractivity contribution in [2.45, 2.75) is 65.6 Å². The molecule has 1 aliphatic carbocycles. The monoisotopic (exact) mass is 341 g/mol. The molecule has 6 heteroatoms. The number of rotatable bonds is 4. The molecule has 3 heterocycles. The fourth-order valence-electron chi connectivity index (χ4n) is 3.86. The molecular weight excluding hydrogens is 314 g/mol. The SMILES string of the molecule is CCc1c(C)nc(C)nc1N1CCCn2nc([C@@H](O)C3CC3)cc2C1. The Hall–Kier alpha value is -1.95. The highest BCUT2D eigenvalue weighted by Gasteiger charge is 2.33. The number of aliphatic hydroxyl groups is 1. The molecule has 0 amide bonds.